The van der Waals surface area contributed by atoms with Crippen molar-refractivity contribution in [1.29, 1.82) is 0 Å². The van der Waals surface area contributed by atoms with Crippen LogP contribution in [0.25, 0.3) is 32.4 Å². The molecule has 3 unspecified atom stereocenters. The zero-order valence-electron chi connectivity index (χ0n) is 23.5. The van der Waals surface area contributed by atoms with Gasteiger partial charge in [-0.2, -0.15) is 0 Å². The molecule has 208 valence electrons. The van der Waals surface area contributed by atoms with E-state index in [1.54, 1.807) is 0 Å². The zero-order chi connectivity index (χ0) is 27.1. The fourth-order valence-electron chi connectivity index (χ4n) is 7.92. The van der Waals surface area contributed by atoms with E-state index in [-0.39, 0.29) is 23.1 Å². The zero-order valence-corrected chi connectivity index (χ0v) is 25.0. The van der Waals surface area contributed by atoms with Gasteiger partial charge in [-0.15, -0.1) is 6.58 Å². The average Bonchev–Trinajstić information content (AvgIpc) is 3.01. The fourth-order valence-corrected chi connectivity index (χ4v) is 7.92. The largest absolute Gasteiger partial charge is 1.00 e. The quantitative estimate of drug-likeness (QED) is 0.134. The van der Waals surface area contributed by atoms with Gasteiger partial charge in [0.15, 0.2) is 0 Å². The topological polar surface area (TPSA) is 22.1 Å². The van der Waals surface area contributed by atoms with Crippen molar-refractivity contribution in [3.63, 3.8) is 0 Å². The van der Waals surface area contributed by atoms with E-state index in [4.69, 9.17) is 4.74 Å². The van der Waals surface area contributed by atoms with Gasteiger partial charge in [0, 0.05) is 35.9 Å². The van der Waals surface area contributed by atoms with E-state index in [2.05, 4.69) is 109 Å². The molecule has 0 N–H and O–H groups in total. The van der Waals surface area contributed by atoms with Crippen LogP contribution in [0.2, 0.25) is 0 Å². The number of hydrogen-bond donors (Lipinski definition) is 0. The SMILES string of the molecule is C=CCO[C@H](c1ccnc2ccccc12)[C@H]1C[N+]2(Cc3c4ccccc4cc4ccccc34)CCC1CC2C=C.[Br-]. The molecule has 0 amide bonds. The summed E-state index contributed by atoms with van der Waals surface area (Å²) < 4.78 is 7.74. The number of piperidine rings is 3. The van der Waals surface area contributed by atoms with E-state index in [0.717, 1.165) is 29.5 Å². The normalized spacial score (nSPS) is 24.2. The van der Waals surface area contributed by atoms with Crippen LogP contribution in [0.15, 0.2) is 116 Å². The van der Waals surface area contributed by atoms with Gasteiger partial charge >= 0.3 is 0 Å². The third-order valence-corrected chi connectivity index (χ3v) is 9.77. The first-order chi connectivity index (χ1) is 19.7. The van der Waals surface area contributed by atoms with Gasteiger partial charge < -0.3 is 26.2 Å². The molecule has 41 heavy (non-hydrogen) atoms. The first-order valence-electron chi connectivity index (χ1n) is 14.6. The predicted molar refractivity (Wildman–Crippen MR) is 166 cm³/mol. The highest BCUT2D eigenvalue weighted by molar-refractivity contribution is 6.02. The molecule has 3 nitrogen and oxygen atoms in total. The van der Waals surface area contributed by atoms with E-state index in [0.29, 0.717) is 24.5 Å². The number of halogens is 1. The van der Waals surface area contributed by atoms with Crippen molar-refractivity contribution < 1.29 is 26.2 Å². The first-order valence-corrected chi connectivity index (χ1v) is 14.6. The standard InChI is InChI=1S/C37H37N2O.BrH/c1-3-21-40-37(33-17-19-38-36-16-10-9-15-32(33)36)34-24-39(20-18-28(34)23-29(39)4-2)25-35-30-13-7-5-11-26(30)22-27-12-6-8-14-31(27)35;/h3-17,19,22,28-29,34,37H,1-2,18,20-21,23-25H2;1H/q+1;/p-1/t28?,29?,34-,37+,39?;/m0./s1. The molecule has 2 bridgehead atoms. The third-order valence-electron chi connectivity index (χ3n) is 9.77. The number of nitrogens with zero attached hydrogens (tertiary/aromatic N) is 2. The van der Waals surface area contributed by atoms with Crippen molar-refractivity contribution in [1.82, 2.24) is 4.98 Å². The van der Waals surface area contributed by atoms with Crippen LogP contribution in [0, 0.1) is 11.8 Å². The summed E-state index contributed by atoms with van der Waals surface area (Å²) in [6.07, 6.45) is 8.46. The van der Waals surface area contributed by atoms with Crippen molar-refractivity contribution in [3.05, 3.63) is 128 Å². The Morgan fingerprint density at radius 3 is 2.29 bits per heavy atom. The Labute approximate surface area is 253 Å². The van der Waals surface area contributed by atoms with Crippen molar-refractivity contribution in [2.75, 3.05) is 19.7 Å². The molecule has 0 radical (unpaired) electrons. The molecule has 3 saturated heterocycles. The summed E-state index contributed by atoms with van der Waals surface area (Å²) in [6, 6.07) is 31.3. The Morgan fingerprint density at radius 2 is 1.59 bits per heavy atom. The maximum atomic E-state index is 6.70. The molecule has 0 spiro atoms. The van der Waals surface area contributed by atoms with Crippen LogP contribution >= 0.6 is 0 Å². The minimum Gasteiger partial charge on any atom is -1.00 e. The van der Waals surface area contributed by atoms with Crippen LogP contribution in [-0.4, -0.2) is 35.2 Å². The van der Waals surface area contributed by atoms with Crippen LogP contribution < -0.4 is 17.0 Å². The average molecular weight is 606 g/mol. The van der Waals surface area contributed by atoms with Gasteiger partial charge in [-0.25, -0.2) is 0 Å². The number of pyridine rings is 1. The number of rotatable bonds is 8. The molecule has 4 heteroatoms. The molecule has 4 aromatic carbocycles. The number of benzene rings is 4. The lowest BCUT2D eigenvalue weighted by molar-refractivity contribution is -0.976. The molecule has 1 aromatic heterocycles. The summed E-state index contributed by atoms with van der Waals surface area (Å²) in [4.78, 5) is 4.66. The lowest BCUT2D eigenvalue weighted by Gasteiger charge is -2.58. The summed E-state index contributed by atoms with van der Waals surface area (Å²) in [7, 11) is 0. The number of aromatic nitrogens is 1. The fraction of sp³-hybridized carbons (Fsp3) is 0.270. The maximum absolute atomic E-state index is 6.70. The maximum Gasteiger partial charge on any atom is 0.108 e. The number of hydrogen-bond acceptors (Lipinski definition) is 2. The van der Waals surface area contributed by atoms with Crippen molar-refractivity contribution in [2.45, 2.75) is 31.5 Å². The van der Waals surface area contributed by atoms with Crippen LogP contribution in [0.4, 0.5) is 0 Å². The van der Waals surface area contributed by atoms with Gasteiger partial charge in [0.2, 0.25) is 0 Å². The molecule has 0 saturated carbocycles. The van der Waals surface area contributed by atoms with E-state index >= 15 is 0 Å². The molecule has 4 heterocycles. The van der Waals surface area contributed by atoms with E-state index in [9.17, 15) is 0 Å². The molecule has 3 aliphatic rings. The van der Waals surface area contributed by atoms with Crippen LogP contribution in [-0.2, 0) is 11.3 Å². The second-order valence-electron chi connectivity index (χ2n) is 11.8. The molecular formula is C37H37BrN2O. The Morgan fingerprint density at radius 1 is 0.902 bits per heavy atom. The second kappa shape index (κ2) is 11.5. The summed E-state index contributed by atoms with van der Waals surface area (Å²) in [5, 5.41) is 6.59. The lowest BCUT2D eigenvalue weighted by atomic mass is 9.69. The van der Waals surface area contributed by atoms with E-state index in [1.165, 1.54) is 51.0 Å². The first kappa shape index (κ1) is 27.8. The Balaban J connectivity index is 0.00000302. The number of fused-ring (bicyclic) bond motifs is 6. The van der Waals surface area contributed by atoms with Crippen molar-refractivity contribution in [2.24, 2.45) is 11.8 Å². The van der Waals surface area contributed by atoms with Crippen molar-refractivity contribution >= 4 is 32.4 Å². The van der Waals surface area contributed by atoms with Gasteiger partial charge in [-0.1, -0.05) is 79.4 Å². The summed E-state index contributed by atoms with van der Waals surface area (Å²) >= 11 is 0. The highest BCUT2D eigenvalue weighted by atomic mass is 79.9. The minimum atomic E-state index is 0. The summed E-state index contributed by atoms with van der Waals surface area (Å²) in [5.74, 6) is 1.02. The van der Waals surface area contributed by atoms with E-state index in [1.807, 2.05) is 12.3 Å². The number of quaternary nitrogens is 1. The molecule has 3 fully saturated rings. The smallest absolute Gasteiger partial charge is 0.108 e. The Kier molecular flexibility index (Phi) is 7.82. The highest BCUT2D eigenvalue weighted by Gasteiger charge is 2.53. The molecule has 0 aliphatic carbocycles. The van der Waals surface area contributed by atoms with Crippen LogP contribution in [0.1, 0.15) is 30.1 Å². The lowest BCUT2D eigenvalue weighted by Crippen LogP contribution is -3.00. The van der Waals surface area contributed by atoms with Gasteiger partial charge in [0.05, 0.1) is 31.3 Å². The van der Waals surface area contributed by atoms with Gasteiger partial charge in [0.1, 0.15) is 12.6 Å². The molecule has 5 atom stereocenters. The second-order valence-corrected chi connectivity index (χ2v) is 11.8. The molecule has 8 rings (SSSR count). The Hall–Kier alpha value is -3.31. The van der Waals surface area contributed by atoms with E-state index < -0.39 is 0 Å². The number of ether oxygens (including phenoxy) is 1. The third kappa shape index (κ3) is 4.82. The predicted octanol–water partition coefficient (Wildman–Crippen LogP) is 5.40. The van der Waals surface area contributed by atoms with Gasteiger partial charge in [-0.3, -0.25) is 4.98 Å². The highest BCUT2D eigenvalue weighted by Crippen LogP contribution is 2.50. The monoisotopic (exact) mass is 604 g/mol. The van der Waals surface area contributed by atoms with Crippen molar-refractivity contribution in [3.8, 4) is 0 Å². The van der Waals surface area contributed by atoms with Gasteiger partial charge in [0.25, 0.3) is 0 Å². The van der Waals surface area contributed by atoms with Crippen LogP contribution in [0.3, 0.4) is 0 Å². The van der Waals surface area contributed by atoms with Crippen LogP contribution in [0.5, 0.6) is 0 Å². The summed E-state index contributed by atoms with van der Waals surface area (Å²) in [5.41, 5.74) is 3.76. The van der Waals surface area contributed by atoms with Gasteiger partial charge in [-0.05, 0) is 57.3 Å². The minimum absolute atomic E-state index is 0. The number of para-hydroxylation sites is 1. The Bertz CT molecular complexity index is 1670. The molecule has 3 aliphatic heterocycles. The molecular weight excluding hydrogens is 568 g/mol. The molecule has 5 aromatic rings. The summed E-state index contributed by atoms with van der Waals surface area (Å²) in [6.45, 7) is 12.2.